The third-order valence-corrected chi connectivity index (χ3v) is 4.75. The molecule has 148 valence electrons. The number of methoxy groups -OCH3 is 1. The first-order valence-corrected chi connectivity index (χ1v) is 9.16. The number of hydrogen-bond acceptors (Lipinski definition) is 6. The van der Waals surface area contributed by atoms with Crippen LogP contribution in [-0.4, -0.2) is 60.5 Å². The van der Waals surface area contributed by atoms with Crippen LogP contribution in [0.3, 0.4) is 0 Å². The number of nitro groups is 1. The minimum absolute atomic E-state index is 0.0793. The fourth-order valence-corrected chi connectivity index (χ4v) is 3.24. The molecule has 8 heteroatoms. The van der Waals surface area contributed by atoms with E-state index in [-0.39, 0.29) is 23.9 Å². The Balaban J connectivity index is 1.49. The average molecular weight is 384 g/mol. The van der Waals surface area contributed by atoms with Gasteiger partial charge in [-0.25, -0.2) is 0 Å². The second-order valence-corrected chi connectivity index (χ2v) is 6.73. The van der Waals surface area contributed by atoms with Crippen molar-refractivity contribution in [2.75, 3.05) is 45.2 Å². The molecule has 0 saturated carbocycles. The number of amides is 1. The zero-order valence-electron chi connectivity index (χ0n) is 15.8. The number of non-ortho nitro benzene ring substituents is 1. The van der Waals surface area contributed by atoms with E-state index in [0.29, 0.717) is 5.69 Å². The number of anilines is 1. The number of piperazine rings is 1. The van der Waals surface area contributed by atoms with Crippen LogP contribution in [0.5, 0.6) is 5.75 Å². The van der Waals surface area contributed by atoms with Crippen LogP contribution in [0.2, 0.25) is 0 Å². The minimum atomic E-state index is -0.497. The van der Waals surface area contributed by atoms with E-state index in [1.165, 1.54) is 30.9 Å². The number of carbonyl (C=O) groups is 1. The van der Waals surface area contributed by atoms with Gasteiger partial charge in [0.15, 0.2) is 0 Å². The summed E-state index contributed by atoms with van der Waals surface area (Å²) in [5, 5.41) is 13.6. The molecule has 0 radical (unpaired) electrons. The molecule has 3 rings (SSSR count). The predicted molar refractivity (Wildman–Crippen MR) is 106 cm³/mol. The Bertz CT molecular complexity index is 820. The Morgan fingerprint density at radius 2 is 1.79 bits per heavy atom. The molecule has 28 heavy (non-hydrogen) atoms. The van der Waals surface area contributed by atoms with E-state index in [4.69, 9.17) is 4.74 Å². The fourth-order valence-electron chi connectivity index (χ4n) is 3.24. The van der Waals surface area contributed by atoms with Gasteiger partial charge in [-0.1, -0.05) is 30.3 Å². The molecule has 0 atom stereocenters. The van der Waals surface area contributed by atoms with Crippen LogP contribution in [-0.2, 0) is 11.3 Å². The van der Waals surface area contributed by atoms with E-state index in [1.807, 2.05) is 18.2 Å². The lowest BCUT2D eigenvalue weighted by Crippen LogP contribution is -2.48. The second-order valence-electron chi connectivity index (χ2n) is 6.73. The summed E-state index contributed by atoms with van der Waals surface area (Å²) in [7, 11) is 1.42. The lowest BCUT2D eigenvalue weighted by Gasteiger charge is -2.34. The van der Waals surface area contributed by atoms with Crippen molar-refractivity contribution >= 4 is 17.3 Å². The third kappa shape index (κ3) is 5.28. The first-order chi connectivity index (χ1) is 13.5. The van der Waals surface area contributed by atoms with Gasteiger partial charge in [0.1, 0.15) is 5.75 Å². The first-order valence-electron chi connectivity index (χ1n) is 9.16. The standard InChI is InChI=1S/C20H24N4O4/c1-28-19-13-17(24(26)27)7-8-18(19)21-20(25)15-23-11-9-22(10-12-23)14-16-5-3-2-4-6-16/h2-8,13H,9-12,14-15H2,1H3,(H,21,25). The van der Waals surface area contributed by atoms with Crippen LogP contribution in [0.4, 0.5) is 11.4 Å². The SMILES string of the molecule is COc1cc([N+](=O)[O-])ccc1NC(=O)CN1CCN(Cc2ccccc2)CC1. The summed E-state index contributed by atoms with van der Waals surface area (Å²) < 4.78 is 5.16. The quantitative estimate of drug-likeness (QED) is 0.582. The lowest BCUT2D eigenvalue weighted by molar-refractivity contribution is -0.384. The summed E-state index contributed by atoms with van der Waals surface area (Å²) in [5.74, 6) is 0.110. The molecule has 0 spiro atoms. The zero-order chi connectivity index (χ0) is 19.9. The molecule has 1 fully saturated rings. The number of carbonyl (C=O) groups excluding carboxylic acids is 1. The molecular formula is C20H24N4O4. The van der Waals surface area contributed by atoms with Crippen LogP contribution < -0.4 is 10.1 Å². The molecule has 1 saturated heterocycles. The van der Waals surface area contributed by atoms with Crippen molar-refractivity contribution in [3.05, 3.63) is 64.2 Å². The van der Waals surface area contributed by atoms with Gasteiger partial charge >= 0.3 is 0 Å². The summed E-state index contributed by atoms with van der Waals surface area (Å²) in [6.45, 7) is 4.64. The molecule has 0 bridgehead atoms. The highest BCUT2D eigenvalue weighted by molar-refractivity contribution is 5.93. The van der Waals surface area contributed by atoms with Crippen molar-refractivity contribution in [2.45, 2.75) is 6.54 Å². The molecule has 1 aliphatic heterocycles. The summed E-state index contributed by atoms with van der Waals surface area (Å²) in [6, 6.07) is 14.5. The summed E-state index contributed by atoms with van der Waals surface area (Å²) >= 11 is 0. The van der Waals surface area contributed by atoms with E-state index >= 15 is 0 Å². The molecular weight excluding hydrogens is 360 g/mol. The normalized spacial score (nSPS) is 15.2. The van der Waals surface area contributed by atoms with Crippen LogP contribution in [0, 0.1) is 10.1 Å². The smallest absolute Gasteiger partial charge is 0.273 e. The maximum Gasteiger partial charge on any atom is 0.273 e. The molecule has 0 unspecified atom stereocenters. The Labute approximate surface area is 163 Å². The van der Waals surface area contributed by atoms with E-state index in [1.54, 1.807) is 0 Å². The number of hydrogen-bond donors (Lipinski definition) is 1. The predicted octanol–water partition coefficient (Wildman–Crippen LogP) is 2.36. The summed E-state index contributed by atoms with van der Waals surface area (Å²) in [6.07, 6.45) is 0. The van der Waals surface area contributed by atoms with Gasteiger partial charge in [0.2, 0.25) is 5.91 Å². The zero-order valence-corrected chi connectivity index (χ0v) is 15.8. The third-order valence-electron chi connectivity index (χ3n) is 4.75. The molecule has 8 nitrogen and oxygen atoms in total. The minimum Gasteiger partial charge on any atom is -0.494 e. The van der Waals surface area contributed by atoms with Gasteiger partial charge in [0, 0.05) is 38.8 Å². The highest BCUT2D eigenvalue weighted by Crippen LogP contribution is 2.28. The Morgan fingerprint density at radius 3 is 2.43 bits per heavy atom. The van der Waals surface area contributed by atoms with Crippen molar-refractivity contribution < 1.29 is 14.5 Å². The highest BCUT2D eigenvalue weighted by atomic mass is 16.6. The number of benzene rings is 2. The maximum atomic E-state index is 12.4. The number of nitrogens with zero attached hydrogens (tertiary/aromatic N) is 3. The Morgan fingerprint density at radius 1 is 1.11 bits per heavy atom. The molecule has 2 aromatic carbocycles. The van der Waals surface area contributed by atoms with Gasteiger partial charge in [-0.05, 0) is 11.6 Å². The van der Waals surface area contributed by atoms with Gasteiger partial charge < -0.3 is 10.1 Å². The Kier molecular flexibility index (Phi) is 6.57. The van der Waals surface area contributed by atoms with Crippen molar-refractivity contribution in [3.63, 3.8) is 0 Å². The van der Waals surface area contributed by atoms with Crippen molar-refractivity contribution in [3.8, 4) is 5.75 Å². The second kappa shape index (κ2) is 9.29. The number of rotatable bonds is 7. The van der Waals surface area contributed by atoms with Gasteiger partial charge in [0.25, 0.3) is 5.69 Å². The van der Waals surface area contributed by atoms with Gasteiger partial charge in [-0.2, -0.15) is 0 Å². The number of ether oxygens (including phenoxy) is 1. The van der Waals surface area contributed by atoms with Crippen molar-refractivity contribution in [2.24, 2.45) is 0 Å². The van der Waals surface area contributed by atoms with Gasteiger partial charge in [0.05, 0.1) is 30.3 Å². The monoisotopic (exact) mass is 384 g/mol. The molecule has 1 amide bonds. The largest absolute Gasteiger partial charge is 0.494 e. The molecule has 1 N–H and O–H groups in total. The maximum absolute atomic E-state index is 12.4. The highest BCUT2D eigenvalue weighted by Gasteiger charge is 2.20. The van der Waals surface area contributed by atoms with Crippen LogP contribution in [0.1, 0.15) is 5.56 Å². The molecule has 0 aromatic heterocycles. The van der Waals surface area contributed by atoms with E-state index in [0.717, 1.165) is 32.7 Å². The first kappa shape index (κ1) is 19.8. The van der Waals surface area contributed by atoms with E-state index in [9.17, 15) is 14.9 Å². The van der Waals surface area contributed by atoms with Gasteiger partial charge in [-0.3, -0.25) is 24.7 Å². The summed E-state index contributed by atoms with van der Waals surface area (Å²) in [5.41, 5.74) is 1.64. The molecule has 0 aliphatic carbocycles. The summed E-state index contributed by atoms with van der Waals surface area (Å²) in [4.78, 5) is 27.2. The molecule has 1 heterocycles. The fraction of sp³-hybridized carbons (Fsp3) is 0.350. The lowest BCUT2D eigenvalue weighted by atomic mass is 10.2. The molecule has 1 aliphatic rings. The number of nitrogens with one attached hydrogen (secondary N) is 1. The van der Waals surface area contributed by atoms with Crippen molar-refractivity contribution in [1.82, 2.24) is 9.80 Å². The molecule has 2 aromatic rings. The van der Waals surface area contributed by atoms with Gasteiger partial charge in [-0.15, -0.1) is 0 Å². The van der Waals surface area contributed by atoms with E-state index < -0.39 is 4.92 Å². The number of nitro benzene ring substituents is 1. The average Bonchev–Trinajstić information content (AvgIpc) is 2.70. The van der Waals surface area contributed by atoms with Crippen molar-refractivity contribution in [1.29, 1.82) is 0 Å². The van der Waals surface area contributed by atoms with E-state index in [2.05, 4.69) is 27.2 Å². The topological polar surface area (TPSA) is 87.9 Å². The van der Waals surface area contributed by atoms with Crippen LogP contribution >= 0.6 is 0 Å². The van der Waals surface area contributed by atoms with Crippen LogP contribution in [0.25, 0.3) is 0 Å². The Hall–Kier alpha value is -2.97. The van der Waals surface area contributed by atoms with Crippen LogP contribution in [0.15, 0.2) is 48.5 Å².